The number of ether oxygens (including phenoxy) is 1. The number of nitrogens with zero attached hydrogens (tertiary/aromatic N) is 4. The van der Waals surface area contributed by atoms with E-state index in [9.17, 15) is 21.9 Å². The Bertz CT molecular complexity index is 1410. The van der Waals surface area contributed by atoms with Crippen molar-refractivity contribution in [2.45, 2.75) is 36.5 Å². The van der Waals surface area contributed by atoms with Crippen molar-refractivity contribution in [3.8, 4) is 17.0 Å². The average molecular weight is 501 g/mol. The van der Waals surface area contributed by atoms with E-state index in [2.05, 4.69) is 10.1 Å². The number of benzene rings is 1. The Hall–Kier alpha value is -2.06. The first-order valence-corrected chi connectivity index (χ1v) is 13.9. The minimum Gasteiger partial charge on any atom is -0.495 e. The maximum atomic E-state index is 13.3. The molecule has 32 heavy (non-hydrogen) atoms. The van der Waals surface area contributed by atoms with E-state index in [1.807, 2.05) is 0 Å². The smallest absolute Gasteiger partial charge is 0.213 e. The first-order chi connectivity index (χ1) is 14.7. The maximum absolute atomic E-state index is 13.3. The third-order valence-electron chi connectivity index (χ3n) is 5.37. The van der Waals surface area contributed by atoms with Crippen LogP contribution in [0.2, 0.25) is 0 Å². The van der Waals surface area contributed by atoms with Gasteiger partial charge in [0, 0.05) is 18.7 Å². The number of methoxy groups -OCH3 is 1. The molecule has 1 saturated heterocycles. The summed E-state index contributed by atoms with van der Waals surface area (Å²) in [6.45, 7) is 4.88. The number of aromatic nitrogens is 3. The van der Waals surface area contributed by atoms with Gasteiger partial charge in [-0.3, -0.25) is 0 Å². The zero-order valence-corrected chi connectivity index (χ0v) is 20.7. The molecule has 1 fully saturated rings. The van der Waals surface area contributed by atoms with Crippen molar-refractivity contribution < 1.29 is 26.7 Å². The molecule has 13 heteroatoms. The first kappa shape index (κ1) is 23.1. The normalized spacial score (nSPS) is 16.4. The van der Waals surface area contributed by atoms with Gasteiger partial charge in [-0.1, -0.05) is 11.3 Å². The average Bonchev–Trinajstić information content (AvgIpc) is 3.15. The number of sulfonamides is 1. The lowest BCUT2D eigenvalue weighted by atomic mass is 10.1. The van der Waals surface area contributed by atoms with Crippen molar-refractivity contribution in [3.05, 3.63) is 28.9 Å². The summed E-state index contributed by atoms with van der Waals surface area (Å²) >= 11 is 1.26. The van der Waals surface area contributed by atoms with Crippen LogP contribution in [0, 0.1) is 6.92 Å². The SMILES string of the molecule is COc1ccc(-c2c(C)nc3sc(C(C)(C)O)nn23)cc1S(=O)(=O)C1CN(S(C)(=O)=O)C1. The molecule has 3 aromatic rings. The third kappa shape index (κ3) is 3.81. The van der Waals surface area contributed by atoms with Gasteiger partial charge in [0.1, 0.15) is 21.3 Å². The number of imidazole rings is 1. The van der Waals surface area contributed by atoms with E-state index in [0.29, 0.717) is 26.9 Å². The largest absolute Gasteiger partial charge is 0.495 e. The molecule has 174 valence electrons. The predicted octanol–water partition coefficient (Wildman–Crippen LogP) is 1.42. The van der Waals surface area contributed by atoms with Crippen LogP contribution >= 0.6 is 11.3 Å². The Balaban J connectivity index is 1.80. The second-order valence-electron chi connectivity index (χ2n) is 8.32. The quantitative estimate of drug-likeness (QED) is 0.538. The first-order valence-electron chi connectivity index (χ1n) is 9.70. The fraction of sp³-hybridized carbons (Fsp3) is 0.474. The van der Waals surface area contributed by atoms with Gasteiger partial charge in [0.25, 0.3) is 0 Å². The summed E-state index contributed by atoms with van der Waals surface area (Å²) in [4.78, 5) is 5.08. The molecule has 0 radical (unpaired) electrons. The number of fused-ring (bicyclic) bond motifs is 1. The summed E-state index contributed by atoms with van der Waals surface area (Å²) < 4.78 is 58.0. The molecule has 4 rings (SSSR count). The van der Waals surface area contributed by atoms with Crippen LogP contribution in [-0.4, -0.2) is 72.6 Å². The van der Waals surface area contributed by atoms with Crippen LogP contribution in [0.4, 0.5) is 0 Å². The predicted molar refractivity (Wildman–Crippen MR) is 120 cm³/mol. The summed E-state index contributed by atoms with van der Waals surface area (Å²) in [5.41, 5.74) is 0.700. The van der Waals surface area contributed by atoms with Gasteiger partial charge in [0.2, 0.25) is 15.0 Å². The molecule has 1 aliphatic heterocycles. The molecular formula is C19H24N4O6S3. The van der Waals surface area contributed by atoms with E-state index in [0.717, 1.165) is 10.6 Å². The molecule has 0 amide bonds. The zero-order valence-electron chi connectivity index (χ0n) is 18.2. The van der Waals surface area contributed by atoms with Crippen molar-refractivity contribution >= 4 is 36.2 Å². The van der Waals surface area contributed by atoms with Crippen LogP contribution in [0.1, 0.15) is 24.5 Å². The van der Waals surface area contributed by atoms with Crippen molar-refractivity contribution in [2.75, 3.05) is 26.5 Å². The molecule has 0 atom stereocenters. The minimum atomic E-state index is -3.85. The molecule has 0 saturated carbocycles. The highest BCUT2D eigenvalue weighted by Gasteiger charge is 2.43. The fourth-order valence-electron chi connectivity index (χ4n) is 3.52. The molecule has 10 nitrogen and oxygen atoms in total. The van der Waals surface area contributed by atoms with Gasteiger partial charge in [-0.05, 0) is 39.0 Å². The van der Waals surface area contributed by atoms with Gasteiger partial charge in [0.15, 0.2) is 9.84 Å². The number of rotatable bonds is 6. The van der Waals surface area contributed by atoms with Crippen LogP contribution in [0.3, 0.4) is 0 Å². The number of hydrogen-bond donors (Lipinski definition) is 1. The molecule has 0 bridgehead atoms. The lowest BCUT2D eigenvalue weighted by molar-refractivity contribution is 0.0773. The van der Waals surface area contributed by atoms with Gasteiger partial charge in [-0.25, -0.2) is 26.3 Å². The van der Waals surface area contributed by atoms with E-state index in [1.165, 1.54) is 24.5 Å². The highest BCUT2D eigenvalue weighted by Crippen LogP contribution is 2.37. The Labute approximate surface area is 190 Å². The number of aryl methyl sites for hydroxylation is 1. The van der Waals surface area contributed by atoms with Crippen LogP contribution in [0.25, 0.3) is 16.2 Å². The van der Waals surface area contributed by atoms with E-state index in [1.54, 1.807) is 37.4 Å². The summed E-state index contributed by atoms with van der Waals surface area (Å²) in [6.07, 6.45) is 1.06. The van der Waals surface area contributed by atoms with Gasteiger partial charge < -0.3 is 9.84 Å². The molecule has 1 N–H and O–H groups in total. The molecule has 1 aliphatic rings. The number of aliphatic hydroxyl groups is 1. The fourth-order valence-corrected chi connectivity index (χ4v) is 7.39. The topological polar surface area (TPSA) is 131 Å². The van der Waals surface area contributed by atoms with Crippen molar-refractivity contribution in [2.24, 2.45) is 0 Å². The third-order valence-corrected chi connectivity index (χ3v) is 9.93. The molecule has 3 heterocycles. The van der Waals surface area contributed by atoms with E-state index in [4.69, 9.17) is 4.74 Å². The number of sulfone groups is 1. The summed E-state index contributed by atoms with van der Waals surface area (Å²) in [5.74, 6) is 0.181. The molecule has 2 aromatic heterocycles. The Morgan fingerprint density at radius 3 is 2.44 bits per heavy atom. The highest BCUT2D eigenvalue weighted by molar-refractivity contribution is 7.92. The van der Waals surface area contributed by atoms with Gasteiger partial charge in [-0.2, -0.15) is 9.40 Å². The highest BCUT2D eigenvalue weighted by atomic mass is 32.2. The minimum absolute atomic E-state index is 0.0112. The van der Waals surface area contributed by atoms with Crippen LogP contribution < -0.4 is 4.74 Å². The number of hydrogen-bond acceptors (Lipinski definition) is 9. The van der Waals surface area contributed by atoms with E-state index >= 15 is 0 Å². The Morgan fingerprint density at radius 2 is 1.88 bits per heavy atom. The molecular weight excluding hydrogens is 476 g/mol. The summed E-state index contributed by atoms with van der Waals surface area (Å²) in [5, 5.41) is 14.4. The second kappa shape index (κ2) is 7.48. The standard InChI is InChI=1S/C19H24N4O6S3/c1-11-16(23-18(20-11)30-17(21-23)19(2,3)24)12-6-7-14(29-4)15(8-12)32(27,28)13-9-22(10-13)31(5,25)26/h6-8,13,24H,9-10H2,1-5H3. The van der Waals surface area contributed by atoms with E-state index < -0.39 is 30.7 Å². The lowest BCUT2D eigenvalue weighted by Crippen LogP contribution is -2.56. The van der Waals surface area contributed by atoms with Crippen LogP contribution in [0.5, 0.6) is 5.75 Å². The zero-order chi connectivity index (χ0) is 23.6. The van der Waals surface area contributed by atoms with Crippen LogP contribution in [-0.2, 0) is 25.5 Å². The second-order valence-corrected chi connectivity index (χ2v) is 13.5. The van der Waals surface area contributed by atoms with Gasteiger partial charge in [0.05, 0.1) is 30.0 Å². The Morgan fingerprint density at radius 1 is 1.22 bits per heavy atom. The lowest BCUT2D eigenvalue weighted by Gasteiger charge is -2.36. The van der Waals surface area contributed by atoms with Crippen molar-refractivity contribution in [3.63, 3.8) is 0 Å². The molecule has 1 aromatic carbocycles. The van der Waals surface area contributed by atoms with Gasteiger partial charge >= 0.3 is 0 Å². The van der Waals surface area contributed by atoms with Gasteiger partial charge in [-0.15, -0.1) is 0 Å². The summed E-state index contributed by atoms with van der Waals surface area (Å²) in [7, 11) is -5.91. The van der Waals surface area contributed by atoms with Crippen molar-refractivity contribution in [1.82, 2.24) is 18.9 Å². The van der Waals surface area contributed by atoms with Crippen molar-refractivity contribution in [1.29, 1.82) is 0 Å². The molecule has 0 aliphatic carbocycles. The molecule has 0 unspecified atom stereocenters. The van der Waals surface area contributed by atoms with E-state index in [-0.39, 0.29) is 23.7 Å². The molecule has 0 spiro atoms. The Kier molecular flexibility index (Phi) is 5.41. The summed E-state index contributed by atoms with van der Waals surface area (Å²) in [6, 6.07) is 4.80. The van der Waals surface area contributed by atoms with Crippen LogP contribution in [0.15, 0.2) is 23.1 Å². The maximum Gasteiger partial charge on any atom is 0.213 e. The monoisotopic (exact) mass is 500 g/mol.